The van der Waals surface area contributed by atoms with Gasteiger partial charge < -0.3 is 85.5 Å². The molecule has 1 aromatic rings. The number of carbonyl (C=O) groups excluding carboxylic acids is 12. The van der Waals surface area contributed by atoms with Crippen LogP contribution in [-0.2, 0) is 57.4 Å². The van der Waals surface area contributed by atoms with E-state index >= 15 is 24.0 Å². The number of anilines is 1. The van der Waals surface area contributed by atoms with Crippen LogP contribution in [0.15, 0.2) is 21.3 Å². The SMILES string of the molecule is Cc1c2oc3c(C)ccc(C(=O)N[C@@H]4C(=O)N[C@H](C(C)C)C(=O)N5CCC[C@H]5C(=O)N(C)CC(=O)N(C)[C@@H](C(C)C)C(=O)O[C@@H]4C)c3nc-2c(C(=O)N[C@@H]2C(=O)N[C@H](C(C)C)C(=O)N3CCC[C@H]3C(=O)N(C)CC(=O)N(C)[C@@H](C(C)C)C(=O)O[C@@H]2C)c(NCCCNC2CC(C)(C)[NH+]([O-])C(C)(C)C2)c1=O. The van der Waals surface area contributed by atoms with E-state index in [4.69, 9.17) is 18.9 Å². The Balaban J connectivity index is 1.26. The average Bonchev–Trinajstić information content (AvgIpc) is 1.16. The second kappa shape index (κ2) is 32.9. The van der Waals surface area contributed by atoms with Crippen molar-refractivity contribution in [2.75, 3.05) is 72.8 Å². The molecule has 0 spiro atoms. The summed E-state index contributed by atoms with van der Waals surface area (Å²) in [6.07, 6.45) is -0.237. The Labute approximate surface area is 613 Å². The number of amides is 10. The predicted molar refractivity (Wildman–Crippen MR) is 388 cm³/mol. The maximum absolute atomic E-state index is 16.0. The molecule has 8 rings (SSSR count). The molecule has 31 nitrogen and oxygen atoms in total. The van der Waals surface area contributed by atoms with Gasteiger partial charge in [-0.2, -0.15) is 0 Å². The third-order valence-corrected chi connectivity index (χ3v) is 21.3. The topological polar surface area (TPSA) is 386 Å². The summed E-state index contributed by atoms with van der Waals surface area (Å²) in [5.74, 6) is -12.3. The number of piperidine rings is 1. The number of quaternary nitrogens is 1. The molecule has 1 aliphatic carbocycles. The number of carbonyl (C=O) groups is 12. The second-order valence-corrected chi connectivity index (χ2v) is 31.9. The van der Waals surface area contributed by atoms with Crippen molar-refractivity contribution >= 4 is 87.8 Å². The van der Waals surface area contributed by atoms with E-state index < -0.39 is 190 Å². The van der Waals surface area contributed by atoms with E-state index in [9.17, 15) is 43.6 Å². The van der Waals surface area contributed by atoms with Crippen molar-refractivity contribution in [1.29, 1.82) is 0 Å². The van der Waals surface area contributed by atoms with E-state index in [0.717, 1.165) is 9.80 Å². The predicted octanol–water partition coefficient (Wildman–Crippen LogP) is 1.64. The highest BCUT2D eigenvalue weighted by Crippen LogP contribution is 2.37. The van der Waals surface area contributed by atoms with E-state index in [0.29, 0.717) is 44.2 Å². The van der Waals surface area contributed by atoms with E-state index in [1.54, 1.807) is 62.3 Å². The number of nitrogens with one attached hydrogen (secondary N) is 7. The van der Waals surface area contributed by atoms with Crippen LogP contribution in [0.3, 0.4) is 0 Å². The lowest BCUT2D eigenvalue weighted by molar-refractivity contribution is -0.955. The van der Waals surface area contributed by atoms with Crippen LogP contribution in [0, 0.1) is 42.7 Å². The minimum Gasteiger partial charge on any atom is -0.634 e. The van der Waals surface area contributed by atoms with Gasteiger partial charge >= 0.3 is 11.9 Å². The Bertz CT molecular complexity index is 3870. The summed E-state index contributed by atoms with van der Waals surface area (Å²) in [5.41, 5.74) is -3.37. The molecule has 5 fully saturated rings. The molecular weight excluding hydrogens is 1360 g/mol. The Hall–Kier alpha value is -8.84. The number of rotatable bonds is 14. The number of likely N-dealkylation sites (N-methyl/N-ethyl adjacent to an activating group) is 4. The number of hydrogen-bond acceptors (Lipinski definition) is 20. The van der Waals surface area contributed by atoms with Crippen molar-refractivity contribution < 1.29 is 76.5 Å². The zero-order valence-corrected chi connectivity index (χ0v) is 64.6. The number of aryl methyl sites for hydroxylation is 1. The molecule has 0 radical (unpaired) electrons. The molecule has 6 aliphatic heterocycles. The lowest BCUT2D eigenvalue weighted by Gasteiger charge is -2.54. The zero-order chi connectivity index (χ0) is 78.1. The van der Waals surface area contributed by atoms with Crippen molar-refractivity contribution in [3.63, 3.8) is 0 Å². The van der Waals surface area contributed by atoms with Gasteiger partial charge in [-0.25, -0.2) is 14.6 Å². The number of benzene rings is 2. The molecule has 6 heterocycles. The van der Waals surface area contributed by atoms with Crippen molar-refractivity contribution in [2.24, 2.45) is 23.7 Å². The summed E-state index contributed by atoms with van der Waals surface area (Å²) in [6.45, 7) is 26.7. The van der Waals surface area contributed by atoms with Gasteiger partial charge in [0.15, 0.2) is 11.3 Å². The van der Waals surface area contributed by atoms with Crippen LogP contribution in [-0.4, -0.2) is 251 Å². The molecule has 578 valence electrons. The number of hydroxylamine groups is 2. The van der Waals surface area contributed by atoms with Gasteiger partial charge in [-0.05, 0) is 129 Å². The van der Waals surface area contributed by atoms with E-state index in [1.165, 1.54) is 80.7 Å². The number of cyclic esters (lactones) is 2. The third-order valence-electron chi connectivity index (χ3n) is 21.3. The third kappa shape index (κ3) is 17.4. The molecule has 7 aliphatic rings. The highest BCUT2D eigenvalue weighted by Gasteiger charge is 2.48. The van der Waals surface area contributed by atoms with Crippen LogP contribution in [0.5, 0.6) is 0 Å². The summed E-state index contributed by atoms with van der Waals surface area (Å²) in [6, 6.07) is -8.03. The second-order valence-electron chi connectivity index (χ2n) is 31.9. The van der Waals surface area contributed by atoms with E-state index in [1.807, 2.05) is 27.7 Å². The highest BCUT2D eigenvalue weighted by atomic mass is 16.6. The van der Waals surface area contributed by atoms with Gasteiger partial charge in [0.1, 0.15) is 71.8 Å². The number of aromatic nitrogens is 1. The number of ether oxygens (including phenoxy) is 2. The molecule has 10 amide bonds. The standard InChI is InChI=1S/C74H110N14O17/c1-36(2)51-69(98)86-30-21-24-46(86)67(96)82(17)34-48(89)84(19)58(38(5)6)71(100)103-42(11)53(65(94)78-51)80-63(92)45-27-26-40(9)61-55(45)77-57-50(56(60(91)41(10)62(57)105-61)76-29-23-28-75-44-32-73(13,14)88(102)74(15,16)33-44)64(93)81-54-43(12)104-72(101)59(39(7)8)85(20)49(90)35-83(18)68(97)47-25-22-31-87(47)70(99)52(37(3)4)79-66(54)95/h26-27,36-39,42-44,46-47,51-54,58-59,75-76,88H,21-25,28-35H2,1-20H3,(H,78,94)(H,79,95)(H,80,92)(H,81,93)/t42-,43-,46+,47+,51-,52-,53+,54+,58+,59+/m1/s1. The summed E-state index contributed by atoms with van der Waals surface area (Å²) in [7, 11) is 5.62. The summed E-state index contributed by atoms with van der Waals surface area (Å²) >= 11 is 0. The minimum absolute atomic E-state index is 0.0339. The fourth-order valence-electron chi connectivity index (χ4n) is 15.6. The van der Waals surface area contributed by atoms with Crippen LogP contribution in [0.25, 0.3) is 22.6 Å². The molecule has 1 aromatic carbocycles. The first-order chi connectivity index (χ1) is 49.0. The highest BCUT2D eigenvalue weighted by molar-refractivity contribution is 6.11. The number of fused-ring (bicyclic) bond motifs is 4. The molecular formula is C74H110N14O17. The maximum atomic E-state index is 16.0. The molecule has 0 unspecified atom stereocenters. The van der Waals surface area contributed by atoms with Gasteiger partial charge in [-0.3, -0.25) is 52.7 Å². The van der Waals surface area contributed by atoms with Crippen LogP contribution in [0.4, 0.5) is 5.69 Å². The summed E-state index contributed by atoms with van der Waals surface area (Å²) in [5, 5.41) is 31.3. The quantitative estimate of drug-likeness (QED) is 0.0522. The first kappa shape index (κ1) is 81.8. The van der Waals surface area contributed by atoms with E-state index in [-0.39, 0.29) is 82.9 Å². The summed E-state index contributed by atoms with van der Waals surface area (Å²) in [4.78, 5) is 204. The van der Waals surface area contributed by atoms with Crippen LogP contribution >= 0.6 is 0 Å². The Morgan fingerprint density at radius 1 is 0.638 bits per heavy atom. The molecule has 5 saturated heterocycles. The van der Waals surface area contributed by atoms with Gasteiger partial charge in [0.2, 0.25) is 52.7 Å². The van der Waals surface area contributed by atoms with Crippen LogP contribution in [0.1, 0.15) is 174 Å². The normalized spacial score (nSPS) is 27.5. The van der Waals surface area contributed by atoms with Gasteiger partial charge in [-0.1, -0.05) is 61.5 Å². The monoisotopic (exact) mass is 1470 g/mol. The molecule has 31 heteroatoms. The Morgan fingerprint density at radius 2 is 1.09 bits per heavy atom. The zero-order valence-electron chi connectivity index (χ0n) is 64.6. The first-order valence-corrected chi connectivity index (χ1v) is 36.7. The lowest BCUT2D eigenvalue weighted by Crippen LogP contribution is -3.23. The fourth-order valence-corrected chi connectivity index (χ4v) is 15.6. The van der Waals surface area contributed by atoms with E-state index in [2.05, 4.69) is 31.9 Å². The number of hydrogen-bond donors (Lipinski definition) is 7. The number of esters is 2. The minimum atomic E-state index is -1.90. The maximum Gasteiger partial charge on any atom is 0.329 e. The van der Waals surface area contributed by atoms with Crippen molar-refractivity contribution in [3.8, 4) is 11.5 Å². The molecule has 0 saturated carbocycles. The number of nitrogens with zero attached hydrogens (tertiary/aromatic N) is 7. The van der Waals surface area contributed by atoms with Crippen molar-refractivity contribution in [2.45, 2.75) is 233 Å². The van der Waals surface area contributed by atoms with Crippen LogP contribution in [0.2, 0.25) is 0 Å². The Morgan fingerprint density at radius 3 is 1.52 bits per heavy atom. The molecule has 0 bridgehead atoms. The van der Waals surface area contributed by atoms with Crippen LogP contribution < -0.4 is 42.4 Å². The first-order valence-electron chi connectivity index (χ1n) is 36.7. The van der Waals surface area contributed by atoms with Crippen molar-refractivity contribution in [1.82, 2.24) is 61.0 Å². The smallest absolute Gasteiger partial charge is 0.329 e. The summed E-state index contributed by atoms with van der Waals surface area (Å²) < 4.78 is 18.8. The lowest BCUT2D eigenvalue weighted by atomic mass is 9.79. The van der Waals surface area contributed by atoms with Gasteiger partial charge in [-0.15, -0.1) is 0 Å². The molecule has 0 aromatic heterocycles. The fraction of sp³-hybridized carbons (Fsp3) is 0.676. The van der Waals surface area contributed by atoms with Crippen molar-refractivity contribution in [3.05, 3.63) is 49.8 Å². The molecule has 105 heavy (non-hydrogen) atoms. The van der Waals surface area contributed by atoms with Gasteiger partial charge in [0, 0.05) is 72.3 Å². The van der Waals surface area contributed by atoms with Gasteiger partial charge in [0.25, 0.3) is 11.8 Å². The van der Waals surface area contributed by atoms with Gasteiger partial charge in [0.05, 0.1) is 41.0 Å². The largest absolute Gasteiger partial charge is 0.634 e. The molecule has 7 N–H and O–H groups in total. The molecule has 10 atom stereocenters. The Kier molecular flexibility index (Phi) is 25.6. The average molecular weight is 1470 g/mol.